The van der Waals surface area contributed by atoms with Crippen LogP contribution < -0.4 is 5.32 Å². The fourth-order valence-electron chi connectivity index (χ4n) is 2.71. The third-order valence-corrected chi connectivity index (χ3v) is 3.61. The molecular weight excluding hydrogens is 270 g/mol. The predicted octanol–water partition coefficient (Wildman–Crippen LogP) is 3.21. The minimum absolute atomic E-state index is 0.114. The van der Waals surface area contributed by atoms with Gasteiger partial charge in [0.25, 0.3) is 0 Å². The molecule has 1 aromatic carbocycles. The second-order valence-electron chi connectivity index (χ2n) is 6.35. The monoisotopic (exact) mass is 291 g/mol. The van der Waals surface area contributed by atoms with Gasteiger partial charge in [0.2, 0.25) is 0 Å². The second kappa shape index (κ2) is 5.39. The summed E-state index contributed by atoms with van der Waals surface area (Å²) in [5.41, 5.74) is 2.59. The van der Waals surface area contributed by atoms with Crippen molar-refractivity contribution in [3.05, 3.63) is 34.4 Å². The molecule has 1 aromatic rings. The number of carbonyl (C=O) groups excluding carboxylic acids is 1. The molecule has 0 aromatic heterocycles. The Labute approximate surface area is 124 Å². The number of ether oxygens (including phenoxy) is 1. The van der Waals surface area contributed by atoms with Gasteiger partial charge < -0.3 is 15.2 Å². The molecule has 1 atom stereocenters. The topological polar surface area (TPSA) is 75.6 Å². The van der Waals surface area contributed by atoms with E-state index in [1.807, 2.05) is 27.7 Å². The van der Waals surface area contributed by atoms with Crippen molar-refractivity contribution >= 4 is 12.1 Å². The Morgan fingerprint density at radius 1 is 1.33 bits per heavy atom. The van der Waals surface area contributed by atoms with Crippen LogP contribution in [0.5, 0.6) is 0 Å². The van der Waals surface area contributed by atoms with Gasteiger partial charge in [-0.2, -0.15) is 0 Å². The average molecular weight is 291 g/mol. The summed E-state index contributed by atoms with van der Waals surface area (Å²) in [7, 11) is 0. The van der Waals surface area contributed by atoms with Crippen molar-refractivity contribution < 1.29 is 19.4 Å². The van der Waals surface area contributed by atoms with Gasteiger partial charge in [-0.1, -0.05) is 6.07 Å². The van der Waals surface area contributed by atoms with Crippen LogP contribution in [0, 0.1) is 6.92 Å². The number of rotatable bonds is 2. The minimum Gasteiger partial charge on any atom is -0.478 e. The molecule has 0 saturated carbocycles. The average Bonchev–Trinajstić information content (AvgIpc) is 2.70. The standard InChI is InChI=1S/C16H21NO4/c1-9-10-7-8-13(17-15(20)21-16(2,3)4)12(10)6-5-11(9)14(18)19/h5-6,13H,7-8H2,1-4H3,(H,17,20)(H,18,19)/t13-/m0/s1. The van der Waals surface area contributed by atoms with E-state index in [0.717, 1.165) is 29.5 Å². The van der Waals surface area contributed by atoms with E-state index in [9.17, 15) is 9.59 Å². The van der Waals surface area contributed by atoms with Crippen molar-refractivity contribution in [2.24, 2.45) is 0 Å². The second-order valence-corrected chi connectivity index (χ2v) is 6.35. The maximum absolute atomic E-state index is 11.9. The first-order chi connectivity index (χ1) is 9.69. The van der Waals surface area contributed by atoms with E-state index in [-0.39, 0.29) is 6.04 Å². The first kappa shape index (κ1) is 15.4. The fraction of sp³-hybridized carbons (Fsp3) is 0.500. The van der Waals surface area contributed by atoms with E-state index in [4.69, 9.17) is 9.84 Å². The number of fused-ring (bicyclic) bond motifs is 1. The Kier molecular flexibility index (Phi) is 3.94. The summed E-state index contributed by atoms with van der Waals surface area (Å²) < 4.78 is 5.26. The molecule has 0 radical (unpaired) electrons. The molecule has 2 rings (SSSR count). The number of nitrogens with one attached hydrogen (secondary N) is 1. The van der Waals surface area contributed by atoms with Crippen LogP contribution in [0.15, 0.2) is 12.1 Å². The van der Waals surface area contributed by atoms with Gasteiger partial charge in [-0.15, -0.1) is 0 Å². The molecule has 1 amide bonds. The summed E-state index contributed by atoms with van der Waals surface area (Å²) in [6.45, 7) is 7.27. The molecule has 5 nitrogen and oxygen atoms in total. The van der Waals surface area contributed by atoms with Gasteiger partial charge in [-0.3, -0.25) is 0 Å². The van der Waals surface area contributed by atoms with Crippen LogP contribution >= 0.6 is 0 Å². The molecule has 114 valence electrons. The van der Waals surface area contributed by atoms with Crippen molar-refractivity contribution in [1.82, 2.24) is 5.32 Å². The maximum atomic E-state index is 11.9. The van der Waals surface area contributed by atoms with Crippen LogP contribution in [-0.4, -0.2) is 22.8 Å². The Morgan fingerprint density at radius 3 is 2.57 bits per heavy atom. The van der Waals surface area contributed by atoms with E-state index in [2.05, 4.69) is 5.32 Å². The van der Waals surface area contributed by atoms with E-state index < -0.39 is 17.7 Å². The fourth-order valence-corrected chi connectivity index (χ4v) is 2.71. The number of carboxylic acids is 1. The maximum Gasteiger partial charge on any atom is 0.408 e. The summed E-state index contributed by atoms with van der Waals surface area (Å²) in [5.74, 6) is -0.918. The molecule has 21 heavy (non-hydrogen) atoms. The molecule has 0 heterocycles. The molecule has 2 N–H and O–H groups in total. The Balaban J connectivity index is 2.18. The van der Waals surface area contributed by atoms with Crippen LogP contribution in [0.4, 0.5) is 4.79 Å². The highest BCUT2D eigenvalue weighted by molar-refractivity contribution is 5.90. The van der Waals surface area contributed by atoms with Crippen LogP contribution in [0.3, 0.4) is 0 Å². The van der Waals surface area contributed by atoms with Crippen molar-refractivity contribution in [2.45, 2.75) is 52.2 Å². The molecule has 0 spiro atoms. The number of amides is 1. The van der Waals surface area contributed by atoms with Gasteiger partial charge in [-0.25, -0.2) is 9.59 Å². The highest BCUT2D eigenvalue weighted by Crippen LogP contribution is 2.34. The molecule has 1 aliphatic carbocycles. The van der Waals surface area contributed by atoms with Gasteiger partial charge in [0, 0.05) is 0 Å². The largest absolute Gasteiger partial charge is 0.478 e. The van der Waals surface area contributed by atoms with Crippen LogP contribution in [0.25, 0.3) is 0 Å². The van der Waals surface area contributed by atoms with Gasteiger partial charge >= 0.3 is 12.1 Å². The zero-order valence-electron chi connectivity index (χ0n) is 12.8. The zero-order chi connectivity index (χ0) is 15.8. The lowest BCUT2D eigenvalue weighted by atomic mass is 9.98. The normalized spacial score (nSPS) is 17.2. The van der Waals surface area contributed by atoms with E-state index in [1.54, 1.807) is 12.1 Å². The molecule has 0 bridgehead atoms. The number of alkyl carbamates (subject to hydrolysis) is 1. The van der Waals surface area contributed by atoms with Crippen molar-refractivity contribution in [3.8, 4) is 0 Å². The van der Waals surface area contributed by atoms with E-state index >= 15 is 0 Å². The Hall–Kier alpha value is -2.04. The van der Waals surface area contributed by atoms with Crippen LogP contribution in [-0.2, 0) is 11.2 Å². The Bertz CT molecular complexity index is 587. The minimum atomic E-state index is -0.918. The molecule has 0 saturated heterocycles. The van der Waals surface area contributed by atoms with Gasteiger partial charge in [0.1, 0.15) is 5.60 Å². The van der Waals surface area contributed by atoms with Gasteiger partial charge in [-0.05, 0) is 63.3 Å². The van der Waals surface area contributed by atoms with E-state index in [0.29, 0.717) is 5.56 Å². The lowest BCUT2D eigenvalue weighted by molar-refractivity contribution is 0.0503. The molecule has 1 aliphatic rings. The molecule has 0 aliphatic heterocycles. The molecule has 0 unspecified atom stereocenters. The summed E-state index contributed by atoms with van der Waals surface area (Å²) in [6.07, 6.45) is 1.08. The zero-order valence-corrected chi connectivity index (χ0v) is 12.8. The number of carboxylic acid groups (broad SMARTS) is 1. The first-order valence-electron chi connectivity index (χ1n) is 7.04. The summed E-state index contributed by atoms with van der Waals surface area (Å²) in [5, 5.41) is 12.0. The van der Waals surface area contributed by atoms with Crippen molar-refractivity contribution in [1.29, 1.82) is 0 Å². The lowest BCUT2D eigenvalue weighted by Gasteiger charge is -2.22. The number of carbonyl (C=O) groups is 2. The lowest BCUT2D eigenvalue weighted by Crippen LogP contribution is -2.34. The molecular formula is C16H21NO4. The number of hydrogen-bond donors (Lipinski definition) is 2. The number of hydrogen-bond acceptors (Lipinski definition) is 3. The van der Waals surface area contributed by atoms with Crippen LogP contribution in [0.2, 0.25) is 0 Å². The summed E-state index contributed by atoms with van der Waals surface area (Å²) in [6, 6.07) is 3.28. The SMILES string of the molecule is Cc1c(C(=O)O)ccc2c1CC[C@@H]2NC(=O)OC(C)(C)C. The summed E-state index contributed by atoms with van der Waals surface area (Å²) >= 11 is 0. The van der Waals surface area contributed by atoms with Gasteiger partial charge in [0.05, 0.1) is 11.6 Å². The smallest absolute Gasteiger partial charge is 0.408 e. The van der Waals surface area contributed by atoms with Crippen molar-refractivity contribution in [3.63, 3.8) is 0 Å². The third kappa shape index (κ3) is 3.35. The predicted molar refractivity (Wildman–Crippen MR) is 78.6 cm³/mol. The number of benzene rings is 1. The van der Waals surface area contributed by atoms with Crippen molar-refractivity contribution in [2.75, 3.05) is 0 Å². The van der Waals surface area contributed by atoms with E-state index in [1.165, 1.54) is 0 Å². The van der Waals surface area contributed by atoms with Crippen LogP contribution in [0.1, 0.15) is 60.3 Å². The highest BCUT2D eigenvalue weighted by Gasteiger charge is 2.28. The molecule has 5 heteroatoms. The highest BCUT2D eigenvalue weighted by atomic mass is 16.6. The van der Waals surface area contributed by atoms with Gasteiger partial charge in [0.15, 0.2) is 0 Å². The third-order valence-electron chi connectivity index (χ3n) is 3.61. The quantitative estimate of drug-likeness (QED) is 0.877. The number of aromatic carboxylic acids is 1. The molecule has 0 fully saturated rings. The first-order valence-corrected chi connectivity index (χ1v) is 7.04. The summed E-state index contributed by atoms with van der Waals surface area (Å²) in [4.78, 5) is 23.0. The Morgan fingerprint density at radius 2 is 2.00 bits per heavy atom.